The first kappa shape index (κ1) is 14.6. The van der Waals surface area contributed by atoms with Crippen LogP contribution in [0.5, 0.6) is 0 Å². The summed E-state index contributed by atoms with van der Waals surface area (Å²) >= 11 is 0. The fraction of sp³-hybridized carbons (Fsp3) is 0.667. The lowest BCUT2D eigenvalue weighted by atomic mass is 9.78. The second-order valence-electron chi connectivity index (χ2n) is 6.62. The van der Waals surface area contributed by atoms with Crippen LogP contribution < -0.4 is 0 Å². The summed E-state index contributed by atoms with van der Waals surface area (Å²) in [6.45, 7) is 10.9. The first-order valence-electron chi connectivity index (χ1n) is 7.84. The van der Waals surface area contributed by atoms with Crippen LogP contribution in [0.4, 0.5) is 0 Å². The van der Waals surface area contributed by atoms with Crippen molar-refractivity contribution in [1.29, 1.82) is 0 Å². The van der Waals surface area contributed by atoms with Crippen LogP contribution >= 0.6 is 0 Å². The molecule has 1 atom stereocenters. The quantitative estimate of drug-likeness (QED) is 0.729. The van der Waals surface area contributed by atoms with Crippen LogP contribution in [0.2, 0.25) is 0 Å². The van der Waals surface area contributed by atoms with Gasteiger partial charge in [0.2, 0.25) is 0 Å². The largest absolute Gasteiger partial charge is 0.388 e. The molecule has 0 aliphatic heterocycles. The van der Waals surface area contributed by atoms with E-state index in [4.69, 9.17) is 0 Å². The van der Waals surface area contributed by atoms with Crippen LogP contribution in [-0.2, 0) is 24.7 Å². The molecule has 3 rings (SSSR count). The van der Waals surface area contributed by atoms with Gasteiger partial charge in [-0.25, -0.2) is 0 Å². The molecule has 0 saturated heterocycles. The lowest BCUT2D eigenvalue weighted by Gasteiger charge is -2.28. The van der Waals surface area contributed by atoms with E-state index in [0.717, 1.165) is 12.8 Å². The Morgan fingerprint density at radius 1 is 1.05 bits per heavy atom. The molecule has 0 bridgehead atoms. The average molecular weight is 260 g/mol. The average Bonchev–Trinajstić information content (AvgIpc) is 2.95. The van der Waals surface area contributed by atoms with Crippen molar-refractivity contribution in [3.8, 4) is 0 Å². The Balaban J connectivity index is 0.000000637. The fourth-order valence-corrected chi connectivity index (χ4v) is 3.70. The van der Waals surface area contributed by atoms with Crippen molar-refractivity contribution in [2.45, 2.75) is 78.2 Å². The third-order valence-corrected chi connectivity index (χ3v) is 4.30. The molecule has 1 nitrogen and oxygen atoms in total. The van der Waals surface area contributed by atoms with Crippen LogP contribution in [0.3, 0.4) is 0 Å². The number of fused-ring (bicyclic) bond motifs is 2. The highest BCUT2D eigenvalue weighted by Crippen LogP contribution is 2.44. The van der Waals surface area contributed by atoms with Gasteiger partial charge in [0.25, 0.3) is 0 Å². The van der Waals surface area contributed by atoms with Crippen molar-refractivity contribution in [2.24, 2.45) is 0 Å². The van der Waals surface area contributed by atoms with E-state index >= 15 is 0 Å². The summed E-state index contributed by atoms with van der Waals surface area (Å²) in [5.74, 6) is 0. The van der Waals surface area contributed by atoms with Crippen molar-refractivity contribution in [3.05, 3.63) is 33.9 Å². The Kier molecular flexibility index (Phi) is 4.06. The first-order valence-corrected chi connectivity index (χ1v) is 7.84. The van der Waals surface area contributed by atoms with Gasteiger partial charge in [-0.3, -0.25) is 0 Å². The van der Waals surface area contributed by atoms with E-state index in [0.29, 0.717) is 0 Å². The van der Waals surface area contributed by atoms with Gasteiger partial charge < -0.3 is 5.11 Å². The molecule has 1 aromatic rings. The molecule has 0 spiro atoms. The zero-order valence-electron chi connectivity index (χ0n) is 13.1. The highest BCUT2D eigenvalue weighted by molar-refractivity contribution is 5.53. The number of aryl methyl sites for hydroxylation is 2. The second kappa shape index (κ2) is 5.28. The summed E-state index contributed by atoms with van der Waals surface area (Å²) in [6.07, 6.45) is 5.50. The van der Waals surface area contributed by atoms with Crippen LogP contribution in [0, 0.1) is 0 Å². The normalized spacial score (nSPS) is 20.6. The smallest absolute Gasteiger partial charge is 0.0798 e. The van der Waals surface area contributed by atoms with E-state index in [1.807, 2.05) is 13.8 Å². The third kappa shape index (κ3) is 2.45. The molecule has 0 aromatic heterocycles. The third-order valence-electron chi connectivity index (χ3n) is 4.30. The van der Waals surface area contributed by atoms with Crippen LogP contribution in [0.1, 0.15) is 81.4 Å². The number of rotatable bonds is 0. The van der Waals surface area contributed by atoms with Gasteiger partial charge in [0.15, 0.2) is 0 Å². The lowest BCUT2D eigenvalue weighted by molar-refractivity contribution is 0.177. The van der Waals surface area contributed by atoms with E-state index in [9.17, 15) is 5.11 Å². The molecule has 0 heterocycles. The predicted octanol–water partition coefficient (Wildman–Crippen LogP) is 4.48. The van der Waals surface area contributed by atoms with Gasteiger partial charge in [-0.1, -0.05) is 40.7 Å². The zero-order chi connectivity index (χ0) is 14.2. The van der Waals surface area contributed by atoms with Crippen LogP contribution in [-0.4, -0.2) is 5.11 Å². The van der Waals surface area contributed by atoms with Crippen molar-refractivity contribution in [1.82, 2.24) is 0 Å². The van der Waals surface area contributed by atoms with E-state index in [1.165, 1.54) is 36.0 Å². The van der Waals surface area contributed by atoms with E-state index in [2.05, 4.69) is 26.8 Å². The van der Waals surface area contributed by atoms with Crippen LogP contribution in [0.15, 0.2) is 6.07 Å². The topological polar surface area (TPSA) is 20.2 Å². The van der Waals surface area contributed by atoms with Crippen molar-refractivity contribution < 1.29 is 5.11 Å². The van der Waals surface area contributed by atoms with Gasteiger partial charge in [-0.05, 0) is 65.3 Å². The van der Waals surface area contributed by atoms with Gasteiger partial charge in [-0.2, -0.15) is 0 Å². The minimum Gasteiger partial charge on any atom is -0.388 e. The molecule has 1 N–H and O–H groups in total. The van der Waals surface area contributed by atoms with Crippen molar-refractivity contribution >= 4 is 0 Å². The highest BCUT2D eigenvalue weighted by Gasteiger charge is 2.33. The summed E-state index contributed by atoms with van der Waals surface area (Å²) in [4.78, 5) is 0. The Morgan fingerprint density at radius 2 is 1.74 bits per heavy atom. The zero-order valence-corrected chi connectivity index (χ0v) is 13.1. The number of aliphatic hydroxyl groups is 1. The van der Waals surface area contributed by atoms with Gasteiger partial charge in [-0.15, -0.1) is 0 Å². The summed E-state index contributed by atoms with van der Waals surface area (Å²) < 4.78 is 0. The van der Waals surface area contributed by atoms with Gasteiger partial charge in [0.1, 0.15) is 0 Å². The molecule has 0 radical (unpaired) electrons. The number of hydrogen-bond donors (Lipinski definition) is 1. The molecule has 1 aromatic carbocycles. The molecule has 1 unspecified atom stereocenters. The molecule has 2 aliphatic carbocycles. The summed E-state index contributed by atoms with van der Waals surface area (Å²) in [5, 5.41) is 10.3. The molecule has 2 aliphatic rings. The van der Waals surface area contributed by atoms with E-state index in [-0.39, 0.29) is 11.5 Å². The Morgan fingerprint density at radius 3 is 2.37 bits per heavy atom. The summed E-state index contributed by atoms with van der Waals surface area (Å²) in [6, 6.07) is 2.38. The maximum atomic E-state index is 10.3. The predicted molar refractivity (Wildman–Crippen MR) is 81.8 cm³/mol. The maximum absolute atomic E-state index is 10.3. The molecule has 1 heteroatoms. The Labute approximate surface area is 118 Å². The standard InChI is InChI=1S/C16H22O.C2H6/c1-16(2,3)15-12-6-4-5-10(12)9-11-7-8-13(17)14(11)15;1-2/h9,13,17H,4-8H2,1-3H3;1-2H3. The van der Waals surface area contributed by atoms with E-state index < -0.39 is 0 Å². The molecular weight excluding hydrogens is 232 g/mol. The highest BCUT2D eigenvalue weighted by atomic mass is 16.3. The Hall–Kier alpha value is -0.820. The monoisotopic (exact) mass is 260 g/mol. The van der Waals surface area contributed by atoms with Crippen LogP contribution in [0.25, 0.3) is 0 Å². The molecule has 19 heavy (non-hydrogen) atoms. The van der Waals surface area contributed by atoms with Gasteiger partial charge in [0.05, 0.1) is 6.10 Å². The molecule has 106 valence electrons. The molecule has 0 amide bonds. The maximum Gasteiger partial charge on any atom is 0.0798 e. The first-order chi connectivity index (χ1) is 8.98. The van der Waals surface area contributed by atoms with E-state index in [1.54, 1.807) is 11.1 Å². The number of benzene rings is 1. The SMILES string of the molecule is CC.CC(C)(C)c1c2c(cc3c1C(O)CC3)CCC2. The molecule has 0 saturated carbocycles. The minimum atomic E-state index is -0.217. The summed E-state index contributed by atoms with van der Waals surface area (Å²) in [7, 11) is 0. The second-order valence-corrected chi connectivity index (χ2v) is 6.62. The number of hydrogen-bond acceptors (Lipinski definition) is 1. The minimum absolute atomic E-state index is 0.158. The number of aliphatic hydroxyl groups excluding tert-OH is 1. The van der Waals surface area contributed by atoms with Gasteiger partial charge >= 0.3 is 0 Å². The molecule has 0 fully saturated rings. The molecular formula is C18H28O. The summed E-state index contributed by atoms with van der Waals surface area (Å²) in [5.41, 5.74) is 7.43. The van der Waals surface area contributed by atoms with Crippen molar-refractivity contribution in [2.75, 3.05) is 0 Å². The Bertz CT molecular complexity index is 466. The van der Waals surface area contributed by atoms with Crippen molar-refractivity contribution in [3.63, 3.8) is 0 Å². The lowest BCUT2D eigenvalue weighted by Crippen LogP contribution is -2.18. The van der Waals surface area contributed by atoms with Gasteiger partial charge in [0, 0.05) is 0 Å². The fourth-order valence-electron chi connectivity index (χ4n) is 3.70.